The number of hydrogen-bond donors (Lipinski definition) is 3. The lowest BCUT2D eigenvalue weighted by atomic mass is 10.2. The highest BCUT2D eigenvalue weighted by molar-refractivity contribution is 9.11. The summed E-state index contributed by atoms with van der Waals surface area (Å²) >= 11 is 10.1. The Kier molecular flexibility index (Phi) is 7.53. The Hall–Kier alpha value is -0.600. The molecule has 3 N–H and O–H groups in total. The molecule has 2 amide bonds. The van der Waals surface area contributed by atoms with Gasteiger partial charge in [0.25, 0.3) is 0 Å². The molecule has 0 aliphatic rings. The summed E-state index contributed by atoms with van der Waals surface area (Å²) in [6, 6.07) is 3.32. The monoisotopic (exact) mass is 470 g/mol. The maximum absolute atomic E-state index is 11.7. The zero-order valence-corrected chi connectivity index (χ0v) is 15.1. The highest BCUT2D eigenvalue weighted by Crippen LogP contribution is 2.34. The van der Waals surface area contributed by atoms with Crippen LogP contribution in [-0.2, 0) is 4.79 Å². The van der Waals surface area contributed by atoms with Gasteiger partial charge in [-0.2, -0.15) is 0 Å². The van der Waals surface area contributed by atoms with Crippen molar-refractivity contribution < 1.29 is 14.7 Å². The molecule has 0 aromatic heterocycles. The van der Waals surface area contributed by atoms with Gasteiger partial charge in [0, 0.05) is 26.4 Å². The average Bonchev–Trinajstić information content (AvgIpc) is 2.33. The van der Waals surface area contributed by atoms with Crippen LogP contribution in [0.15, 0.2) is 25.6 Å². The number of carbonyl (C=O) groups excluding carboxylic acids is 1. The molecule has 0 aliphatic carbocycles. The number of hydrogen-bond acceptors (Lipinski definition) is 2. The van der Waals surface area contributed by atoms with Crippen LogP contribution in [0.5, 0.6) is 0 Å². The molecule has 0 fully saturated rings. The first-order valence-electron chi connectivity index (χ1n) is 5.81. The van der Waals surface area contributed by atoms with Crippen LogP contribution >= 0.6 is 47.8 Å². The second-order valence-electron chi connectivity index (χ2n) is 3.98. The first-order valence-corrected chi connectivity index (χ1v) is 8.19. The fourth-order valence-electron chi connectivity index (χ4n) is 1.42. The second-order valence-corrected chi connectivity index (χ2v) is 6.60. The molecule has 20 heavy (non-hydrogen) atoms. The molecule has 1 aromatic carbocycles. The molecule has 1 rings (SSSR count). The highest BCUT2D eigenvalue weighted by atomic mass is 79.9. The summed E-state index contributed by atoms with van der Waals surface area (Å²) in [7, 11) is 0. The molecule has 110 valence electrons. The number of rotatable bonds is 6. The normalized spacial score (nSPS) is 10.2. The Balaban J connectivity index is 2.41. The molecule has 0 atom stereocenters. The predicted octanol–water partition coefficient (Wildman–Crippen LogP) is 4.35. The first kappa shape index (κ1) is 17.5. The molecule has 0 heterocycles. The van der Waals surface area contributed by atoms with Crippen LogP contribution in [0, 0.1) is 0 Å². The van der Waals surface area contributed by atoms with Crippen LogP contribution in [-0.4, -0.2) is 23.7 Å². The molecule has 0 spiro atoms. The quantitative estimate of drug-likeness (QED) is 0.538. The van der Waals surface area contributed by atoms with E-state index in [1.807, 2.05) is 12.1 Å². The minimum atomic E-state index is -0.822. The van der Waals surface area contributed by atoms with Crippen LogP contribution in [0.3, 0.4) is 0 Å². The number of unbranched alkanes of at least 4 members (excludes halogenated alkanes) is 1. The minimum Gasteiger partial charge on any atom is -0.481 e. The number of carbonyl (C=O) groups is 2. The van der Waals surface area contributed by atoms with E-state index in [9.17, 15) is 9.59 Å². The fourth-order valence-corrected chi connectivity index (χ4v) is 3.88. The molecule has 0 saturated carbocycles. The smallest absolute Gasteiger partial charge is 0.319 e. The third-order valence-electron chi connectivity index (χ3n) is 2.35. The number of urea groups is 1. The third kappa shape index (κ3) is 6.23. The lowest BCUT2D eigenvalue weighted by Gasteiger charge is -2.11. The van der Waals surface area contributed by atoms with Crippen LogP contribution in [0.4, 0.5) is 10.5 Å². The SMILES string of the molecule is O=C(O)CCCCNC(=O)Nc1c(Br)cc(Br)cc1Br. The highest BCUT2D eigenvalue weighted by Gasteiger charge is 2.10. The van der Waals surface area contributed by atoms with Gasteiger partial charge in [-0.05, 0) is 56.8 Å². The van der Waals surface area contributed by atoms with Crippen LogP contribution in [0.25, 0.3) is 0 Å². The molecule has 5 nitrogen and oxygen atoms in total. The second kappa shape index (κ2) is 8.63. The average molecular weight is 473 g/mol. The van der Waals surface area contributed by atoms with Gasteiger partial charge in [0.2, 0.25) is 0 Å². The Labute approximate surface area is 141 Å². The zero-order valence-electron chi connectivity index (χ0n) is 10.4. The van der Waals surface area contributed by atoms with Crippen molar-refractivity contribution in [3.05, 3.63) is 25.6 Å². The largest absolute Gasteiger partial charge is 0.481 e. The van der Waals surface area contributed by atoms with Crippen molar-refractivity contribution in [1.82, 2.24) is 5.32 Å². The summed E-state index contributed by atoms with van der Waals surface area (Å²) in [5, 5.41) is 13.9. The van der Waals surface area contributed by atoms with Crippen molar-refractivity contribution >= 4 is 65.5 Å². The van der Waals surface area contributed by atoms with Crippen LogP contribution < -0.4 is 10.6 Å². The van der Waals surface area contributed by atoms with Gasteiger partial charge in [0.05, 0.1) is 5.69 Å². The molecular weight excluding hydrogens is 460 g/mol. The van der Waals surface area contributed by atoms with E-state index in [1.54, 1.807) is 0 Å². The van der Waals surface area contributed by atoms with E-state index in [2.05, 4.69) is 58.4 Å². The standard InChI is InChI=1S/C12H13Br3N2O3/c13-7-5-8(14)11(9(15)6-7)17-12(20)16-4-2-1-3-10(18)19/h5-6H,1-4H2,(H,18,19)(H2,16,17,20). The van der Waals surface area contributed by atoms with Crippen molar-refractivity contribution in [3.8, 4) is 0 Å². The number of halogens is 3. The summed E-state index contributed by atoms with van der Waals surface area (Å²) in [6.07, 6.45) is 1.29. The molecule has 1 aromatic rings. The Bertz CT molecular complexity index is 486. The summed E-state index contributed by atoms with van der Waals surface area (Å²) < 4.78 is 2.38. The van der Waals surface area contributed by atoms with E-state index in [1.165, 1.54) is 0 Å². The molecule has 0 bridgehead atoms. The predicted molar refractivity (Wildman–Crippen MR) is 88.1 cm³/mol. The third-order valence-corrected chi connectivity index (χ3v) is 4.06. The molecule has 0 saturated heterocycles. The van der Waals surface area contributed by atoms with Gasteiger partial charge in [-0.25, -0.2) is 4.79 Å². The number of benzene rings is 1. The number of carboxylic acids is 1. The minimum absolute atomic E-state index is 0.118. The lowest BCUT2D eigenvalue weighted by Crippen LogP contribution is -2.29. The van der Waals surface area contributed by atoms with Crippen molar-refractivity contribution in [2.24, 2.45) is 0 Å². The fraction of sp³-hybridized carbons (Fsp3) is 0.333. The van der Waals surface area contributed by atoms with Crippen LogP contribution in [0.2, 0.25) is 0 Å². The molecule has 0 unspecified atom stereocenters. The van der Waals surface area contributed by atoms with Gasteiger partial charge < -0.3 is 15.7 Å². The van der Waals surface area contributed by atoms with Crippen molar-refractivity contribution in [2.75, 3.05) is 11.9 Å². The van der Waals surface area contributed by atoms with Gasteiger partial charge in [-0.3, -0.25) is 4.79 Å². The summed E-state index contributed by atoms with van der Waals surface area (Å²) in [4.78, 5) is 22.0. The maximum atomic E-state index is 11.7. The maximum Gasteiger partial charge on any atom is 0.319 e. The van der Waals surface area contributed by atoms with Crippen molar-refractivity contribution in [2.45, 2.75) is 19.3 Å². The molecular formula is C12H13Br3N2O3. The number of carboxylic acid groups (broad SMARTS) is 1. The van der Waals surface area contributed by atoms with E-state index < -0.39 is 5.97 Å². The first-order chi connectivity index (χ1) is 9.40. The van der Waals surface area contributed by atoms with Gasteiger partial charge in [-0.15, -0.1) is 0 Å². The molecule has 0 aliphatic heterocycles. The lowest BCUT2D eigenvalue weighted by molar-refractivity contribution is -0.137. The Morgan fingerprint density at radius 2 is 1.70 bits per heavy atom. The summed E-state index contributed by atoms with van der Waals surface area (Å²) in [5.74, 6) is -0.822. The van der Waals surface area contributed by atoms with Crippen molar-refractivity contribution in [1.29, 1.82) is 0 Å². The Morgan fingerprint density at radius 3 is 2.25 bits per heavy atom. The van der Waals surface area contributed by atoms with E-state index in [0.29, 0.717) is 25.1 Å². The summed E-state index contributed by atoms with van der Waals surface area (Å²) in [6.45, 7) is 0.435. The van der Waals surface area contributed by atoms with E-state index in [-0.39, 0.29) is 12.5 Å². The number of anilines is 1. The van der Waals surface area contributed by atoms with E-state index in [0.717, 1.165) is 13.4 Å². The number of aliphatic carboxylic acids is 1. The van der Waals surface area contributed by atoms with Gasteiger partial charge in [0.1, 0.15) is 0 Å². The van der Waals surface area contributed by atoms with Gasteiger partial charge in [-0.1, -0.05) is 15.9 Å². The van der Waals surface area contributed by atoms with E-state index >= 15 is 0 Å². The molecule has 8 heteroatoms. The summed E-state index contributed by atoms with van der Waals surface area (Å²) in [5.41, 5.74) is 0.635. The van der Waals surface area contributed by atoms with Crippen molar-refractivity contribution in [3.63, 3.8) is 0 Å². The Morgan fingerprint density at radius 1 is 1.10 bits per heavy atom. The molecule has 0 radical (unpaired) electrons. The number of amides is 2. The van der Waals surface area contributed by atoms with Gasteiger partial charge in [0.15, 0.2) is 0 Å². The topological polar surface area (TPSA) is 78.4 Å². The zero-order chi connectivity index (χ0) is 15.1. The van der Waals surface area contributed by atoms with Gasteiger partial charge >= 0.3 is 12.0 Å². The van der Waals surface area contributed by atoms with Crippen LogP contribution in [0.1, 0.15) is 19.3 Å². The number of nitrogens with one attached hydrogen (secondary N) is 2. The van der Waals surface area contributed by atoms with E-state index in [4.69, 9.17) is 5.11 Å².